The van der Waals surface area contributed by atoms with Crippen LogP contribution < -0.4 is 10.3 Å². The molecule has 0 radical (unpaired) electrons. The minimum atomic E-state index is -0.384. The summed E-state index contributed by atoms with van der Waals surface area (Å²) in [6.07, 6.45) is 0. The van der Waals surface area contributed by atoms with E-state index in [2.05, 4.69) is 4.98 Å². The largest absolute Gasteiger partial charge is 0.497 e. The van der Waals surface area contributed by atoms with Crippen molar-refractivity contribution >= 4 is 28.6 Å². The Bertz CT molecular complexity index is 1050. The Labute approximate surface area is 161 Å². The van der Waals surface area contributed by atoms with Gasteiger partial charge in [-0.2, -0.15) is 0 Å². The Hall–Kier alpha value is -2.80. The minimum absolute atomic E-state index is 0.0420. The lowest BCUT2D eigenvalue weighted by atomic mass is 10.2. The summed E-state index contributed by atoms with van der Waals surface area (Å²) in [6.45, 7) is 1.81. The number of methoxy groups -OCH3 is 1. The molecule has 1 heterocycles. The topological polar surface area (TPSA) is 64.4 Å². The standard InChI is InChI=1S/C20H21N3O3S/c1-13(18(24)22(2)3)27-20-21-17-11-6-5-10-16(17)19(25)23(20)14-8-7-9-15(12-14)26-4/h5-13H,1-4H3/t13-/m1/s1. The van der Waals surface area contributed by atoms with Gasteiger partial charge in [0, 0.05) is 20.2 Å². The van der Waals surface area contributed by atoms with Gasteiger partial charge in [-0.15, -0.1) is 0 Å². The number of carbonyl (C=O) groups excluding carboxylic acids is 1. The van der Waals surface area contributed by atoms with E-state index in [1.165, 1.54) is 21.2 Å². The molecule has 0 aliphatic heterocycles. The molecule has 0 N–H and O–H groups in total. The van der Waals surface area contributed by atoms with E-state index in [1.54, 1.807) is 39.4 Å². The first kappa shape index (κ1) is 19.0. The van der Waals surface area contributed by atoms with Gasteiger partial charge in [0.2, 0.25) is 5.91 Å². The molecule has 2 aromatic carbocycles. The summed E-state index contributed by atoms with van der Waals surface area (Å²) in [4.78, 5) is 31.7. The van der Waals surface area contributed by atoms with Crippen LogP contribution in [0.3, 0.4) is 0 Å². The lowest BCUT2D eigenvalue weighted by molar-refractivity contribution is -0.127. The number of hydrogen-bond donors (Lipinski definition) is 0. The van der Waals surface area contributed by atoms with Crippen LogP contribution in [0.25, 0.3) is 16.6 Å². The van der Waals surface area contributed by atoms with Crippen LogP contribution in [0, 0.1) is 0 Å². The third-order valence-corrected chi connectivity index (χ3v) is 5.17. The average molecular weight is 383 g/mol. The summed E-state index contributed by atoms with van der Waals surface area (Å²) in [5, 5.41) is 0.607. The van der Waals surface area contributed by atoms with Gasteiger partial charge in [-0.3, -0.25) is 14.2 Å². The van der Waals surface area contributed by atoms with E-state index in [0.29, 0.717) is 27.5 Å². The second-order valence-electron chi connectivity index (χ2n) is 6.25. The first-order chi connectivity index (χ1) is 12.9. The lowest BCUT2D eigenvalue weighted by Crippen LogP contribution is -2.31. The van der Waals surface area contributed by atoms with Crippen molar-refractivity contribution < 1.29 is 9.53 Å². The Morgan fingerprint density at radius 1 is 1.19 bits per heavy atom. The number of benzene rings is 2. The summed E-state index contributed by atoms with van der Waals surface area (Å²) < 4.78 is 6.83. The number of para-hydroxylation sites is 1. The summed E-state index contributed by atoms with van der Waals surface area (Å²) in [7, 11) is 5.00. The van der Waals surface area contributed by atoms with Crippen molar-refractivity contribution in [3.63, 3.8) is 0 Å². The fourth-order valence-corrected chi connectivity index (χ4v) is 3.81. The number of nitrogens with zero attached hydrogens (tertiary/aromatic N) is 3. The van der Waals surface area contributed by atoms with Gasteiger partial charge in [0.25, 0.3) is 5.56 Å². The van der Waals surface area contributed by atoms with Gasteiger partial charge in [0.05, 0.1) is 29.0 Å². The highest BCUT2D eigenvalue weighted by Crippen LogP contribution is 2.27. The zero-order chi connectivity index (χ0) is 19.6. The lowest BCUT2D eigenvalue weighted by Gasteiger charge is -2.19. The highest BCUT2D eigenvalue weighted by atomic mass is 32.2. The third-order valence-electron chi connectivity index (χ3n) is 4.13. The predicted octanol–water partition coefficient (Wildman–Crippen LogP) is 2.96. The maximum atomic E-state index is 13.2. The van der Waals surface area contributed by atoms with E-state index in [-0.39, 0.29) is 16.7 Å². The molecule has 0 saturated heterocycles. The number of ether oxygens (including phenoxy) is 1. The van der Waals surface area contributed by atoms with Crippen molar-refractivity contribution in [2.45, 2.75) is 17.3 Å². The number of amides is 1. The van der Waals surface area contributed by atoms with Gasteiger partial charge in [-0.25, -0.2) is 4.98 Å². The van der Waals surface area contributed by atoms with E-state index in [4.69, 9.17) is 4.74 Å². The smallest absolute Gasteiger partial charge is 0.266 e. The molecule has 7 heteroatoms. The maximum Gasteiger partial charge on any atom is 0.266 e. The molecule has 1 atom stereocenters. The molecule has 3 rings (SSSR count). The predicted molar refractivity (Wildman–Crippen MR) is 108 cm³/mol. The van der Waals surface area contributed by atoms with Gasteiger partial charge in [0.1, 0.15) is 5.75 Å². The summed E-state index contributed by atoms with van der Waals surface area (Å²) in [5.41, 5.74) is 1.07. The number of aromatic nitrogens is 2. The van der Waals surface area contributed by atoms with Crippen LogP contribution in [-0.2, 0) is 4.79 Å². The highest BCUT2D eigenvalue weighted by molar-refractivity contribution is 8.00. The van der Waals surface area contributed by atoms with E-state index >= 15 is 0 Å². The molecule has 0 saturated carbocycles. The molecule has 0 fully saturated rings. The summed E-state index contributed by atoms with van der Waals surface area (Å²) in [6, 6.07) is 14.4. The molecule has 0 bridgehead atoms. The Kier molecular flexibility index (Phi) is 5.51. The highest BCUT2D eigenvalue weighted by Gasteiger charge is 2.21. The van der Waals surface area contributed by atoms with Crippen molar-refractivity contribution in [3.8, 4) is 11.4 Å². The normalized spacial score (nSPS) is 12.0. The van der Waals surface area contributed by atoms with Crippen LogP contribution in [0.4, 0.5) is 0 Å². The molecule has 0 aliphatic carbocycles. The van der Waals surface area contributed by atoms with Crippen LogP contribution in [0.1, 0.15) is 6.92 Å². The second-order valence-corrected chi connectivity index (χ2v) is 7.55. The first-order valence-corrected chi connectivity index (χ1v) is 9.34. The molecule has 3 aromatic rings. The minimum Gasteiger partial charge on any atom is -0.497 e. The molecule has 27 heavy (non-hydrogen) atoms. The van der Waals surface area contributed by atoms with Crippen LogP contribution in [0.5, 0.6) is 5.75 Å². The van der Waals surface area contributed by atoms with Gasteiger partial charge in [-0.1, -0.05) is 30.0 Å². The van der Waals surface area contributed by atoms with Crippen molar-refractivity contribution in [1.82, 2.24) is 14.5 Å². The second kappa shape index (κ2) is 7.84. The van der Waals surface area contributed by atoms with Gasteiger partial charge in [0.15, 0.2) is 5.16 Å². The van der Waals surface area contributed by atoms with Crippen LogP contribution >= 0.6 is 11.8 Å². The first-order valence-electron chi connectivity index (χ1n) is 8.46. The van der Waals surface area contributed by atoms with Gasteiger partial charge < -0.3 is 9.64 Å². The molecular weight excluding hydrogens is 362 g/mol. The summed E-state index contributed by atoms with van der Waals surface area (Å²) >= 11 is 1.26. The molecule has 140 valence electrons. The van der Waals surface area contributed by atoms with Crippen LogP contribution in [-0.4, -0.2) is 46.8 Å². The van der Waals surface area contributed by atoms with E-state index in [1.807, 2.05) is 37.3 Å². The van der Waals surface area contributed by atoms with Gasteiger partial charge >= 0.3 is 0 Å². The fraction of sp³-hybridized carbons (Fsp3) is 0.250. The molecule has 6 nitrogen and oxygen atoms in total. The SMILES string of the molecule is COc1cccc(-n2c(S[C@H](C)C(=O)N(C)C)nc3ccccc3c2=O)c1. The van der Waals surface area contributed by atoms with Crippen molar-refractivity contribution in [1.29, 1.82) is 0 Å². The Balaban J connectivity index is 2.21. The van der Waals surface area contributed by atoms with Crippen LogP contribution in [0.2, 0.25) is 0 Å². The fourth-order valence-electron chi connectivity index (χ4n) is 2.74. The number of fused-ring (bicyclic) bond motifs is 1. The monoisotopic (exact) mass is 383 g/mol. The molecule has 1 amide bonds. The number of rotatable bonds is 5. The quantitative estimate of drug-likeness (QED) is 0.501. The van der Waals surface area contributed by atoms with Gasteiger partial charge in [-0.05, 0) is 31.2 Å². The molecule has 0 aliphatic rings. The average Bonchev–Trinajstić information content (AvgIpc) is 2.67. The zero-order valence-electron chi connectivity index (χ0n) is 15.7. The third kappa shape index (κ3) is 3.83. The van der Waals surface area contributed by atoms with E-state index < -0.39 is 0 Å². The van der Waals surface area contributed by atoms with Crippen molar-refractivity contribution in [2.24, 2.45) is 0 Å². The number of carbonyl (C=O) groups is 1. The van der Waals surface area contributed by atoms with E-state index in [9.17, 15) is 9.59 Å². The summed E-state index contributed by atoms with van der Waals surface area (Å²) in [5.74, 6) is 0.598. The van der Waals surface area contributed by atoms with Crippen molar-refractivity contribution in [2.75, 3.05) is 21.2 Å². The molecule has 0 unspecified atom stereocenters. The van der Waals surface area contributed by atoms with Crippen LogP contribution in [0.15, 0.2) is 58.5 Å². The zero-order valence-corrected chi connectivity index (χ0v) is 16.5. The number of thioether (sulfide) groups is 1. The maximum absolute atomic E-state index is 13.2. The molecular formula is C20H21N3O3S. The Morgan fingerprint density at radius 3 is 2.63 bits per heavy atom. The molecule has 1 aromatic heterocycles. The Morgan fingerprint density at radius 2 is 1.93 bits per heavy atom. The number of hydrogen-bond acceptors (Lipinski definition) is 5. The molecule has 0 spiro atoms. The van der Waals surface area contributed by atoms with E-state index in [0.717, 1.165) is 0 Å². The van der Waals surface area contributed by atoms with Crippen molar-refractivity contribution in [3.05, 3.63) is 58.9 Å².